The summed E-state index contributed by atoms with van der Waals surface area (Å²) in [5, 5.41) is 20.0. The number of carbonyl (C=O) groups excluding carboxylic acids is 1. The molecule has 0 fully saturated rings. The second-order valence-corrected chi connectivity index (χ2v) is 5.00. The number of phenols is 1. The number of hydrogen-bond donors (Lipinski definition) is 1. The number of carbonyl (C=O) groups is 1. The average Bonchev–Trinajstić information content (AvgIpc) is 2.56. The third-order valence-corrected chi connectivity index (χ3v) is 3.44. The Kier molecular flexibility index (Phi) is 5.47. The predicted octanol–water partition coefficient (Wildman–Crippen LogP) is 4.61. The van der Waals surface area contributed by atoms with E-state index in [4.69, 9.17) is 4.74 Å². The van der Waals surface area contributed by atoms with Crippen molar-refractivity contribution in [1.29, 1.82) is 0 Å². The molecule has 0 aliphatic rings. The number of ether oxygens (including phenoxy) is 1. The minimum atomic E-state index is -0.592. The van der Waals surface area contributed by atoms with Crippen LogP contribution in [0.15, 0.2) is 40.6 Å². The van der Waals surface area contributed by atoms with Crippen molar-refractivity contribution in [1.82, 2.24) is 0 Å². The number of nitrogens with zero attached hydrogens (tertiary/aromatic N) is 2. The lowest BCUT2D eigenvalue weighted by Crippen LogP contribution is -2.01. The number of azo groups is 1. The first kappa shape index (κ1) is 15.9. The van der Waals surface area contributed by atoms with Gasteiger partial charge in [-0.25, -0.2) is 4.79 Å². The molecule has 0 bridgehead atoms. The zero-order valence-electron chi connectivity index (χ0n) is 12.9. The highest BCUT2D eigenvalue weighted by molar-refractivity contribution is 6.05. The fourth-order valence-electron chi connectivity index (χ4n) is 2.25. The van der Waals surface area contributed by atoms with Crippen LogP contribution < -0.4 is 0 Å². The lowest BCUT2D eigenvalue weighted by atomic mass is 10.0. The Balaban J connectivity index is 2.43. The van der Waals surface area contributed by atoms with Gasteiger partial charge in [0.15, 0.2) is 0 Å². The number of fused-ring (bicyclic) bond motifs is 1. The molecule has 0 unspecified atom stereocenters. The number of hydrogen-bond acceptors (Lipinski definition) is 5. The Morgan fingerprint density at radius 3 is 2.64 bits per heavy atom. The number of phenolic OH excluding ortho intramolecular Hbond substituents is 1. The van der Waals surface area contributed by atoms with E-state index in [1.165, 1.54) is 13.2 Å². The van der Waals surface area contributed by atoms with Gasteiger partial charge in [-0.1, -0.05) is 44.0 Å². The first-order chi connectivity index (χ1) is 10.7. The molecule has 2 aromatic carbocycles. The highest BCUT2D eigenvalue weighted by atomic mass is 16.5. The average molecular weight is 300 g/mol. The highest BCUT2D eigenvalue weighted by Gasteiger charge is 2.17. The third-order valence-electron chi connectivity index (χ3n) is 3.44. The summed E-state index contributed by atoms with van der Waals surface area (Å²) in [7, 11) is 1.28. The molecule has 116 valence electrons. The van der Waals surface area contributed by atoms with E-state index < -0.39 is 5.97 Å². The minimum Gasteiger partial charge on any atom is -0.506 e. The van der Waals surface area contributed by atoms with Crippen LogP contribution in [0.2, 0.25) is 0 Å². The summed E-state index contributed by atoms with van der Waals surface area (Å²) in [5.41, 5.74) is 0.661. The number of aromatic hydroxyl groups is 1. The van der Waals surface area contributed by atoms with Gasteiger partial charge in [0.25, 0.3) is 0 Å². The fraction of sp³-hybridized carbons (Fsp3) is 0.353. The maximum atomic E-state index is 11.8. The molecular weight excluding hydrogens is 280 g/mol. The topological polar surface area (TPSA) is 71.2 Å². The largest absolute Gasteiger partial charge is 0.506 e. The number of methoxy groups -OCH3 is 1. The molecule has 0 amide bonds. The van der Waals surface area contributed by atoms with Crippen LogP contribution in [0.1, 0.15) is 36.5 Å². The van der Waals surface area contributed by atoms with Gasteiger partial charge in [-0.15, -0.1) is 0 Å². The van der Waals surface area contributed by atoms with Gasteiger partial charge in [-0.3, -0.25) is 0 Å². The van der Waals surface area contributed by atoms with Crippen molar-refractivity contribution in [3.63, 3.8) is 0 Å². The summed E-state index contributed by atoms with van der Waals surface area (Å²) < 4.78 is 4.71. The fourth-order valence-corrected chi connectivity index (χ4v) is 2.25. The lowest BCUT2D eigenvalue weighted by Gasteiger charge is -2.08. The molecule has 0 saturated heterocycles. The molecule has 0 saturated carbocycles. The summed E-state index contributed by atoms with van der Waals surface area (Å²) in [5.74, 6) is -0.682. The van der Waals surface area contributed by atoms with Crippen LogP contribution in [0.5, 0.6) is 5.75 Å². The highest BCUT2D eigenvalue weighted by Crippen LogP contribution is 2.36. The number of unbranched alkanes of at least 4 members (excludes halogenated alkanes) is 2. The summed E-state index contributed by atoms with van der Waals surface area (Å²) >= 11 is 0. The van der Waals surface area contributed by atoms with Crippen molar-refractivity contribution in [2.75, 3.05) is 13.7 Å². The van der Waals surface area contributed by atoms with Gasteiger partial charge < -0.3 is 9.84 Å². The van der Waals surface area contributed by atoms with Gasteiger partial charge in [0.2, 0.25) is 0 Å². The van der Waals surface area contributed by atoms with Gasteiger partial charge in [-0.05, 0) is 12.5 Å². The maximum absolute atomic E-state index is 11.8. The maximum Gasteiger partial charge on any atom is 0.341 e. The molecule has 5 nitrogen and oxygen atoms in total. The standard InChI is InChI=1S/C17H20N2O3/c1-3-4-7-10-18-19-15-11-14(17(21)22-2)16(20)13-9-6-5-8-12(13)15/h5-6,8-9,11,20H,3-4,7,10H2,1-2H3/b19-18+. The van der Waals surface area contributed by atoms with Crippen molar-refractivity contribution < 1.29 is 14.6 Å². The van der Waals surface area contributed by atoms with E-state index in [1.807, 2.05) is 12.1 Å². The Morgan fingerprint density at radius 1 is 1.23 bits per heavy atom. The van der Waals surface area contributed by atoms with Crippen LogP contribution in [-0.4, -0.2) is 24.7 Å². The number of esters is 1. The summed E-state index contributed by atoms with van der Waals surface area (Å²) in [4.78, 5) is 11.8. The van der Waals surface area contributed by atoms with E-state index in [9.17, 15) is 9.90 Å². The molecule has 22 heavy (non-hydrogen) atoms. The summed E-state index contributed by atoms with van der Waals surface area (Å²) in [6, 6.07) is 8.76. The van der Waals surface area contributed by atoms with Gasteiger partial charge in [0.05, 0.1) is 19.3 Å². The molecule has 0 atom stereocenters. The predicted molar refractivity (Wildman–Crippen MR) is 85.9 cm³/mol. The second kappa shape index (κ2) is 7.54. The smallest absolute Gasteiger partial charge is 0.341 e. The van der Waals surface area contributed by atoms with Crippen LogP contribution in [0.4, 0.5) is 5.69 Å². The molecule has 1 N–H and O–H groups in total. The van der Waals surface area contributed by atoms with Crippen molar-refractivity contribution >= 4 is 22.4 Å². The monoisotopic (exact) mass is 300 g/mol. The second-order valence-electron chi connectivity index (χ2n) is 5.00. The van der Waals surface area contributed by atoms with Crippen molar-refractivity contribution in [3.05, 3.63) is 35.9 Å². The zero-order valence-corrected chi connectivity index (χ0v) is 12.9. The van der Waals surface area contributed by atoms with Crippen LogP contribution in [0.25, 0.3) is 10.8 Å². The normalized spacial score (nSPS) is 11.2. The zero-order chi connectivity index (χ0) is 15.9. The molecule has 0 aliphatic carbocycles. The Labute approximate surface area is 129 Å². The Bertz CT molecular complexity index is 696. The van der Waals surface area contributed by atoms with Crippen LogP contribution >= 0.6 is 0 Å². The van der Waals surface area contributed by atoms with E-state index in [1.54, 1.807) is 12.1 Å². The van der Waals surface area contributed by atoms with E-state index in [2.05, 4.69) is 17.2 Å². The van der Waals surface area contributed by atoms with Gasteiger partial charge in [0.1, 0.15) is 11.3 Å². The molecule has 5 heteroatoms. The van der Waals surface area contributed by atoms with Crippen molar-refractivity contribution in [3.8, 4) is 5.75 Å². The number of benzene rings is 2. The Morgan fingerprint density at radius 2 is 1.95 bits per heavy atom. The van der Waals surface area contributed by atoms with Crippen LogP contribution in [-0.2, 0) is 4.74 Å². The molecule has 0 radical (unpaired) electrons. The Hall–Kier alpha value is -2.43. The van der Waals surface area contributed by atoms with E-state index >= 15 is 0 Å². The van der Waals surface area contributed by atoms with Gasteiger partial charge >= 0.3 is 5.97 Å². The first-order valence-corrected chi connectivity index (χ1v) is 7.39. The van der Waals surface area contributed by atoms with Gasteiger partial charge in [0, 0.05) is 10.8 Å². The van der Waals surface area contributed by atoms with Crippen molar-refractivity contribution in [2.45, 2.75) is 26.2 Å². The minimum absolute atomic E-state index is 0.0904. The summed E-state index contributed by atoms with van der Waals surface area (Å²) in [6.45, 7) is 2.78. The molecular formula is C17H20N2O3. The van der Waals surface area contributed by atoms with E-state index in [0.717, 1.165) is 24.6 Å². The molecule has 2 aromatic rings. The lowest BCUT2D eigenvalue weighted by molar-refractivity contribution is 0.0598. The number of rotatable bonds is 6. The summed E-state index contributed by atoms with van der Waals surface area (Å²) in [6.07, 6.45) is 3.23. The molecule has 2 rings (SSSR count). The van der Waals surface area contributed by atoms with Gasteiger partial charge in [-0.2, -0.15) is 10.2 Å². The third kappa shape index (κ3) is 3.42. The SMILES string of the molecule is CCCCC/N=N/c1cc(C(=O)OC)c(O)c2ccccc12. The van der Waals surface area contributed by atoms with Crippen molar-refractivity contribution in [2.24, 2.45) is 10.2 Å². The molecule has 0 heterocycles. The van der Waals surface area contributed by atoms with E-state index in [0.29, 0.717) is 17.6 Å². The molecule has 0 aromatic heterocycles. The molecule has 0 spiro atoms. The van der Waals surface area contributed by atoms with Crippen LogP contribution in [0, 0.1) is 0 Å². The van der Waals surface area contributed by atoms with E-state index in [-0.39, 0.29) is 11.3 Å². The van der Waals surface area contributed by atoms with Crippen LogP contribution in [0.3, 0.4) is 0 Å². The first-order valence-electron chi connectivity index (χ1n) is 7.39. The molecule has 0 aliphatic heterocycles. The quantitative estimate of drug-likeness (QED) is 0.481.